The third kappa shape index (κ3) is 4.94. The van der Waals surface area contributed by atoms with E-state index >= 15 is 0 Å². The van der Waals surface area contributed by atoms with E-state index in [4.69, 9.17) is 0 Å². The fourth-order valence-electron chi connectivity index (χ4n) is 3.82. The summed E-state index contributed by atoms with van der Waals surface area (Å²) in [5.74, 6) is 0.127. The predicted molar refractivity (Wildman–Crippen MR) is 98.3 cm³/mol. The number of hydrogen-bond acceptors (Lipinski definition) is 3. The van der Waals surface area contributed by atoms with Gasteiger partial charge in [-0.2, -0.15) is 0 Å². The van der Waals surface area contributed by atoms with Gasteiger partial charge in [-0.3, -0.25) is 14.4 Å². The summed E-state index contributed by atoms with van der Waals surface area (Å²) in [6.07, 6.45) is 4.34. The molecule has 0 aromatic carbocycles. The van der Waals surface area contributed by atoms with Crippen LogP contribution in [0.4, 0.5) is 5.69 Å². The summed E-state index contributed by atoms with van der Waals surface area (Å²) in [6.45, 7) is 6.50. The van der Waals surface area contributed by atoms with E-state index in [0.29, 0.717) is 5.92 Å². The van der Waals surface area contributed by atoms with Gasteiger partial charge in [0.05, 0.1) is 0 Å². The van der Waals surface area contributed by atoms with Crippen molar-refractivity contribution in [1.29, 1.82) is 0 Å². The van der Waals surface area contributed by atoms with E-state index in [1.807, 2.05) is 0 Å². The second-order valence-electron chi connectivity index (χ2n) is 8.24. The van der Waals surface area contributed by atoms with Gasteiger partial charge in [0.1, 0.15) is 12.2 Å². The molecule has 0 bridgehead atoms. The number of aromatic nitrogens is 1. The van der Waals surface area contributed by atoms with Crippen LogP contribution in [-0.2, 0) is 16.1 Å². The van der Waals surface area contributed by atoms with E-state index in [9.17, 15) is 14.4 Å². The van der Waals surface area contributed by atoms with Gasteiger partial charge in [0, 0.05) is 26.2 Å². The molecule has 0 saturated heterocycles. The average molecular weight is 347 g/mol. The monoisotopic (exact) mass is 347 g/mol. The van der Waals surface area contributed by atoms with Gasteiger partial charge in [-0.05, 0) is 42.7 Å². The molecule has 1 N–H and O–H groups in total. The Labute approximate surface area is 149 Å². The van der Waals surface area contributed by atoms with Gasteiger partial charge in [-0.15, -0.1) is 0 Å². The Hall–Kier alpha value is -2.11. The third-order valence-electron chi connectivity index (χ3n) is 4.84. The molecule has 1 saturated carbocycles. The normalized spacial score (nSPS) is 22.3. The summed E-state index contributed by atoms with van der Waals surface area (Å²) < 4.78 is 1.32. The molecule has 1 heterocycles. The Kier molecular flexibility index (Phi) is 5.70. The molecule has 1 aromatic rings. The second kappa shape index (κ2) is 7.42. The summed E-state index contributed by atoms with van der Waals surface area (Å²) >= 11 is 0. The van der Waals surface area contributed by atoms with Gasteiger partial charge in [0.25, 0.3) is 5.56 Å². The SMILES string of the molecule is C[C@@H]1C[C@H](C(=O)Nc2cccn(CC(=O)N(C)C)c2=O)CC(C)(C)C1. The first-order chi connectivity index (χ1) is 11.6. The second-order valence-corrected chi connectivity index (χ2v) is 8.24. The summed E-state index contributed by atoms with van der Waals surface area (Å²) in [4.78, 5) is 38.4. The molecule has 1 aliphatic rings. The van der Waals surface area contributed by atoms with Gasteiger partial charge >= 0.3 is 0 Å². The number of nitrogens with zero attached hydrogens (tertiary/aromatic N) is 2. The van der Waals surface area contributed by atoms with Crippen LogP contribution in [0.5, 0.6) is 0 Å². The molecule has 25 heavy (non-hydrogen) atoms. The highest BCUT2D eigenvalue weighted by Gasteiger charge is 2.35. The van der Waals surface area contributed by atoms with E-state index < -0.39 is 0 Å². The molecule has 0 radical (unpaired) electrons. The molecule has 2 rings (SSSR count). The number of amides is 2. The lowest BCUT2D eigenvalue weighted by Gasteiger charge is -2.38. The van der Waals surface area contributed by atoms with Gasteiger partial charge in [-0.1, -0.05) is 20.8 Å². The molecule has 1 aliphatic carbocycles. The van der Waals surface area contributed by atoms with Crippen molar-refractivity contribution < 1.29 is 9.59 Å². The van der Waals surface area contributed by atoms with E-state index in [0.717, 1.165) is 19.3 Å². The molecular formula is C19H29N3O3. The summed E-state index contributed by atoms with van der Waals surface area (Å²) in [5.41, 5.74) is 0.0126. The first-order valence-corrected chi connectivity index (χ1v) is 8.79. The first-order valence-electron chi connectivity index (χ1n) is 8.79. The predicted octanol–water partition coefficient (Wildman–Crippen LogP) is 2.34. The van der Waals surface area contributed by atoms with Crippen LogP contribution in [0.2, 0.25) is 0 Å². The van der Waals surface area contributed by atoms with Crippen molar-refractivity contribution in [3.8, 4) is 0 Å². The highest BCUT2D eigenvalue weighted by atomic mass is 16.2. The minimum absolute atomic E-state index is 0.0387. The van der Waals surface area contributed by atoms with Crippen molar-refractivity contribution in [1.82, 2.24) is 9.47 Å². The zero-order chi connectivity index (χ0) is 18.8. The molecule has 0 spiro atoms. The van der Waals surface area contributed by atoms with Crippen LogP contribution in [0.3, 0.4) is 0 Å². The lowest BCUT2D eigenvalue weighted by Crippen LogP contribution is -2.37. The van der Waals surface area contributed by atoms with Gasteiger partial charge in [0.15, 0.2) is 0 Å². The van der Waals surface area contributed by atoms with Crippen molar-refractivity contribution in [2.45, 2.75) is 46.6 Å². The minimum atomic E-state index is -0.353. The molecule has 2 atom stereocenters. The minimum Gasteiger partial charge on any atom is -0.347 e. The smallest absolute Gasteiger partial charge is 0.274 e. The maximum Gasteiger partial charge on any atom is 0.274 e. The van der Waals surface area contributed by atoms with Gasteiger partial charge < -0.3 is 14.8 Å². The van der Waals surface area contributed by atoms with E-state index in [-0.39, 0.29) is 40.9 Å². The zero-order valence-corrected chi connectivity index (χ0v) is 15.8. The molecule has 6 nitrogen and oxygen atoms in total. The zero-order valence-electron chi connectivity index (χ0n) is 15.8. The van der Waals surface area contributed by atoms with Crippen LogP contribution in [0.25, 0.3) is 0 Å². The molecule has 1 fully saturated rings. The number of carbonyl (C=O) groups is 2. The van der Waals surface area contributed by atoms with Crippen LogP contribution in [-0.4, -0.2) is 35.4 Å². The van der Waals surface area contributed by atoms with Crippen LogP contribution < -0.4 is 10.9 Å². The lowest BCUT2D eigenvalue weighted by molar-refractivity contribution is -0.129. The first kappa shape index (κ1) is 19.2. The van der Waals surface area contributed by atoms with Crippen molar-refractivity contribution in [2.24, 2.45) is 17.3 Å². The largest absolute Gasteiger partial charge is 0.347 e. The molecular weight excluding hydrogens is 318 g/mol. The van der Waals surface area contributed by atoms with Crippen LogP contribution in [0.15, 0.2) is 23.1 Å². The maximum absolute atomic E-state index is 12.7. The number of anilines is 1. The summed E-state index contributed by atoms with van der Waals surface area (Å²) in [6, 6.07) is 3.27. The van der Waals surface area contributed by atoms with Gasteiger partial charge in [0.2, 0.25) is 11.8 Å². The number of likely N-dealkylation sites (N-methyl/N-ethyl adjacent to an activating group) is 1. The Morgan fingerprint density at radius 1 is 1.32 bits per heavy atom. The van der Waals surface area contributed by atoms with E-state index in [1.54, 1.807) is 32.4 Å². The van der Waals surface area contributed by atoms with E-state index in [2.05, 4.69) is 26.1 Å². The van der Waals surface area contributed by atoms with E-state index in [1.165, 1.54) is 9.47 Å². The topological polar surface area (TPSA) is 71.4 Å². The third-order valence-corrected chi connectivity index (χ3v) is 4.84. The fourth-order valence-corrected chi connectivity index (χ4v) is 3.82. The van der Waals surface area contributed by atoms with Crippen LogP contribution >= 0.6 is 0 Å². The molecule has 1 aromatic heterocycles. The number of carbonyl (C=O) groups excluding carboxylic acids is 2. The fraction of sp³-hybridized carbons (Fsp3) is 0.632. The Morgan fingerprint density at radius 2 is 2.00 bits per heavy atom. The number of nitrogens with one attached hydrogen (secondary N) is 1. The highest BCUT2D eigenvalue weighted by molar-refractivity contribution is 5.92. The Morgan fingerprint density at radius 3 is 2.60 bits per heavy atom. The molecule has 2 amide bonds. The average Bonchev–Trinajstić information content (AvgIpc) is 2.48. The quantitative estimate of drug-likeness (QED) is 0.909. The van der Waals surface area contributed by atoms with Crippen LogP contribution in [0, 0.1) is 17.3 Å². The standard InChI is InChI=1S/C19H29N3O3/c1-13-9-14(11-19(2,3)10-13)17(24)20-15-7-6-8-22(18(15)25)12-16(23)21(4)5/h6-8,13-14H,9-12H2,1-5H3,(H,20,24)/t13-,14+/m1/s1. The van der Waals surface area contributed by atoms with Crippen molar-refractivity contribution in [3.63, 3.8) is 0 Å². The molecule has 0 aliphatic heterocycles. The molecule has 0 unspecified atom stereocenters. The molecule has 138 valence electrons. The van der Waals surface area contributed by atoms with Crippen molar-refractivity contribution in [3.05, 3.63) is 28.7 Å². The Bertz CT molecular complexity index is 706. The van der Waals surface area contributed by atoms with Crippen molar-refractivity contribution in [2.75, 3.05) is 19.4 Å². The molecule has 6 heteroatoms. The lowest BCUT2D eigenvalue weighted by atomic mass is 9.68. The maximum atomic E-state index is 12.7. The number of pyridine rings is 1. The summed E-state index contributed by atoms with van der Waals surface area (Å²) in [7, 11) is 3.29. The highest BCUT2D eigenvalue weighted by Crippen LogP contribution is 2.41. The Balaban J connectivity index is 2.13. The number of hydrogen-bond donors (Lipinski definition) is 1. The van der Waals surface area contributed by atoms with Crippen LogP contribution in [0.1, 0.15) is 40.0 Å². The number of rotatable bonds is 4. The van der Waals surface area contributed by atoms with Crippen molar-refractivity contribution >= 4 is 17.5 Å². The van der Waals surface area contributed by atoms with Gasteiger partial charge in [-0.25, -0.2) is 0 Å². The summed E-state index contributed by atoms with van der Waals surface area (Å²) in [5, 5.41) is 2.78.